The molecule has 1 saturated heterocycles. The monoisotopic (exact) mass is 384 g/mol. The van der Waals surface area contributed by atoms with Crippen molar-refractivity contribution >= 4 is 38.7 Å². The number of aromatic nitrogens is 2. The maximum absolute atomic E-state index is 13.0. The molecule has 8 nitrogen and oxygen atoms in total. The first kappa shape index (κ1) is 18.2. The van der Waals surface area contributed by atoms with Crippen molar-refractivity contribution < 1.29 is 18.3 Å². The quantitative estimate of drug-likeness (QED) is 0.780. The van der Waals surface area contributed by atoms with Crippen molar-refractivity contribution in [2.45, 2.75) is 30.8 Å². The predicted molar refractivity (Wildman–Crippen MR) is 93.6 cm³/mol. The summed E-state index contributed by atoms with van der Waals surface area (Å²) in [5.74, 6) is -0.649. The molecule has 136 valence electrons. The van der Waals surface area contributed by atoms with E-state index in [1.165, 1.54) is 10.4 Å². The Kier molecular flexibility index (Phi) is 5.32. The van der Waals surface area contributed by atoms with E-state index in [0.717, 1.165) is 11.7 Å². The summed E-state index contributed by atoms with van der Waals surface area (Å²) in [5, 5.41) is 11.9. The Hall–Kier alpha value is -1.62. The molecule has 2 atom stereocenters. The molecule has 0 bridgehead atoms. The van der Waals surface area contributed by atoms with Crippen LogP contribution < -0.4 is 5.32 Å². The number of carbonyl (C=O) groups is 1. The zero-order valence-electron chi connectivity index (χ0n) is 13.8. The summed E-state index contributed by atoms with van der Waals surface area (Å²) in [5.41, 5.74) is 0.919. The van der Waals surface area contributed by atoms with Crippen molar-refractivity contribution in [3.8, 4) is 0 Å². The van der Waals surface area contributed by atoms with Crippen LogP contribution in [0.3, 0.4) is 0 Å². The van der Waals surface area contributed by atoms with Crippen molar-refractivity contribution in [3.63, 3.8) is 0 Å². The Morgan fingerprint density at radius 2 is 2.28 bits per heavy atom. The minimum absolute atomic E-state index is 0.127. The summed E-state index contributed by atoms with van der Waals surface area (Å²) in [6, 6.07) is 4.89. The first-order chi connectivity index (χ1) is 11.9. The van der Waals surface area contributed by atoms with Crippen LogP contribution >= 0.6 is 11.7 Å². The number of amides is 1. The van der Waals surface area contributed by atoms with Crippen LogP contribution in [0, 0.1) is 5.92 Å². The number of nitrogens with zero attached hydrogens (tertiary/aromatic N) is 3. The van der Waals surface area contributed by atoms with Gasteiger partial charge in [0.25, 0.3) is 0 Å². The maximum atomic E-state index is 13.0. The van der Waals surface area contributed by atoms with Gasteiger partial charge in [-0.05, 0) is 31.9 Å². The molecule has 25 heavy (non-hydrogen) atoms. The van der Waals surface area contributed by atoms with E-state index in [2.05, 4.69) is 14.1 Å². The van der Waals surface area contributed by atoms with Gasteiger partial charge < -0.3 is 10.4 Å². The van der Waals surface area contributed by atoms with E-state index in [1.807, 2.05) is 0 Å². The Labute approximate surface area is 150 Å². The Morgan fingerprint density at radius 3 is 3.04 bits per heavy atom. The molecule has 2 N–H and O–H groups in total. The van der Waals surface area contributed by atoms with E-state index >= 15 is 0 Å². The highest BCUT2D eigenvalue weighted by molar-refractivity contribution is 7.89. The molecule has 1 amide bonds. The minimum Gasteiger partial charge on any atom is -0.392 e. The Balaban J connectivity index is 1.80. The molecule has 0 radical (unpaired) electrons. The molecular weight excluding hydrogens is 364 g/mol. The van der Waals surface area contributed by atoms with Crippen LogP contribution in [0.25, 0.3) is 11.0 Å². The molecule has 0 aliphatic carbocycles. The molecule has 2 unspecified atom stereocenters. The fraction of sp³-hybridized carbons (Fsp3) is 0.533. The minimum atomic E-state index is -3.75. The fourth-order valence-corrected chi connectivity index (χ4v) is 5.17. The third-order valence-electron chi connectivity index (χ3n) is 4.19. The van der Waals surface area contributed by atoms with Crippen LogP contribution in [-0.4, -0.2) is 58.2 Å². The second kappa shape index (κ2) is 7.32. The summed E-state index contributed by atoms with van der Waals surface area (Å²) in [4.78, 5) is 12.3. The first-order valence-corrected chi connectivity index (χ1v) is 10.2. The normalized spacial score (nSPS) is 20.5. The van der Waals surface area contributed by atoms with Crippen LogP contribution in [0.5, 0.6) is 0 Å². The summed E-state index contributed by atoms with van der Waals surface area (Å²) in [6.45, 7) is 2.24. The van der Waals surface area contributed by atoms with Crippen molar-refractivity contribution in [2.24, 2.45) is 5.92 Å². The number of hydrogen-bond acceptors (Lipinski definition) is 7. The van der Waals surface area contributed by atoms with E-state index in [1.54, 1.807) is 19.1 Å². The van der Waals surface area contributed by atoms with Gasteiger partial charge in [-0.2, -0.15) is 13.1 Å². The highest BCUT2D eigenvalue weighted by atomic mass is 32.2. The van der Waals surface area contributed by atoms with Gasteiger partial charge in [0.2, 0.25) is 15.9 Å². The van der Waals surface area contributed by atoms with Crippen LogP contribution in [0.15, 0.2) is 23.1 Å². The maximum Gasteiger partial charge on any atom is 0.245 e. The van der Waals surface area contributed by atoms with Crippen molar-refractivity contribution in [1.29, 1.82) is 0 Å². The van der Waals surface area contributed by atoms with Gasteiger partial charge in [-0.3, -0.25) is 4.79 Å². The van der Waals surface area contributed by atoms with E-state index in [9.17, 15) is 18.3 Å². The van der Waals surface area contributed by atoms with Crippen LogP contribution in [0.4, 0.5) is 0 Å². The lowest BCUT2D eigenvalue weighted by Gasteiger charge is -2.31. The van der Waals surface area contributed by atoms with Crippen molar-refractivity contribution in [1.82, 2.24) is 18.4 Å². The second-order valence-electron chi connectivity index (χ2n) is 6.18. The number of piperidine rings is 1. The number of aliphatic hydroxyl groups excluding tert-OH is 1. The number of sulfonamides is 1. The smallest absolute Gasteiger partial charge is 0.245 e. The molecule has 1 aliphatic heterocycles. The van der Waals surface area contributed by atoms with Crippen molar-refractivity contribution in [2.75, 3.05) is 19.6 Å². The standard InChI is InChI=1S/C15H20N4O4S2/c1-10(20)8-16-15(21)11-4-3-7-19(9-11)25(22,23)13-6-2-5-12-14(13)18-24-17-12/h2,5-6,10-11,20H,3-4,7-9H2,1H3,(H,16,21). The van der Waals surface area contributed by atoms with Gasteiger partial charge in [0.15, 0.2) is 0 Å². The number of benzene rings is 1. The highest BCUT2D eigenvalue weighted by Gasteiger charge is 2.34. The van der Waals surface area contributed by atoms with E-state index in [4.69, 9.17) is 0 Å². The molecule has 1 aromatic heterocycles. The first-order valence-electron chi connectivity index (χ1n) is 8.07. The number of aliphatic hydroxyl groups is 1. The average Bonchev–Trinajstić information content (AvgIpc) is 3.08. The number of fused-ring (bicyclic) bond motifs is 1. The number of carbonyl (C=O) groups excluding carboxylic acids is 1. The number of rotatable bonds is 5. The zero-order chi connectivity index (χ0) is 18.0. The second-order valence-corrected chi connectivity index (χ2v) is 8.62. The van der Waals surface area contributed by atoms with Crippen LogP contribution in [0.2, 0.25) is 0 Å². The lowest BCUT2D eigenvalue weighted by molar-refractivity contribution is -0.126. The summed E-state index contributed by atoms with van der Waals surface area (Å²) in [7, 11) is -3.75. The average molecular weight is 384 g/mol. The Bertz CT molecular complexity index is 865. The van der Waals surface area contributed by atoms with Gasteiger partial charge in [-0.1, -0.05) is 6.07 Å². The molecule has 1 aromatic carbocycles. The summed E-state index contributed by atoms with van der Waals surface area (Å²) in [6.07, 6.45) is 0.597. The molecule has 1 aliphatic rings. The highest BCUT2D eigenvalue weighted by Crippen LogP contribution is 2.28. The van der Waals surface area contributed by atoms with E-state index < -0.39 is 22.0 Å². The molecule has 2 aromatic rings. The SMILES string of the molecule is CC(O)CNC(=O)C1CCCN(S(=O)(=O)c2cccc3nsnc23)C1. The van der Waals surface area contributed by atoms with Crippen molar-refractivity contribution in [3.05, 3.63) is 18.2 Å². The van der Waals surface area contributed by atoms with Gasteiger partial charge in [0, 0.05) is 19.6 Å². The molecule has 10 heteroatoms. The lowest BCUT2D eigenvalue weighted by atomic mass is 9.99. The number of nitrogens with one attached hydrogen (secondary N) is 1. The molecule has 1 fully saturated rings. The third kappa shape index (κ3) is 3.81. The fourth-order valence-electron chi connectivity index (χ4n) is 2.90. The largest absolute Gasteiger partial charge is 0.392 e. The Morgan fingerprint density at radius 1 is 1.48 bits per heavy atom. The number of hydrogen-bond donors (Lipinski definition) is 2. The molecular formula is C15H20N4O4S2. The zero-order valence-corrected chi connectivity index (χ0v) is 15.4. The summed E-state index contributed by atoms with van der Waals surface area (Å²) >= 11 is 0.974. The lowest BCUT2D eigenvalue weighted by Crippen LogP contribution is -2.46. The molecule has 2 heterocycles. The van der Waals surface area contributed by atoms with Gasteiger partial charge in [0.05, 0.1) is 23.8 Å². The van der Waals surface area contributed by atoms with Crippen LogP contribution in [0.1, 0.15) is 19.8 Å². The van der Waals surface area contributed by atoms with E-state index in [-0.39, 0.29) is 23.9 Å². The molecule has 0 spiro atoms. The van der Waals surface area contributed by atoms with Gasteiger partial charge in [-0.15, -0.1) is 0 Å². The molecule has 0 saturated carbocycles. The predicted octanol–water partition coefficient (Wildman–Crippen LogP) is 0.589. The third-order valence-corrected chi connectivity index (χ3v) is 6.63. The van der Waals surface area contributed by atoms with E-state index in [0.29, 0.717) is 30.4 Å². The van der Waals surface area contributed by atoms with Gasteiger partial charge >= 0.3 is 0 Å². The topological polar surface area (TPSA) is 112 Å². The van der Waals surface area contributed by atoms with Gasteiger partial charge in [0.1, 0.15) is 15.9 Å². The van der Waals surface area contributed by atoms with Crippen LogP contribution in [-0.2, 0) is 14.8 Å². The summed E-state index contributed by atoms with van der Waals surface area (Å²) < 4.78 is 35.6. The molecule has 3 rings (SSSR count). The van der Waals surface area contributed by atoms with Gasteiger partial charge in [-0.25, -0.2) is 8.42 Å².